The van der Waals surface area contributed by atoms with Gasteiger partial charge in [0.2, 0.25) is 11.8 Å². The lowest BCUT2D eigenvalue weighted by molar-refractivity contribution is -0.146. The van der Waals surface area contributed by atoms with Crippen LogP contribution in [0.4, 0.5) is 0 Å². The number of fused-ring (bicyclic) bond motifs is 2. The Labute approximate surface area is 133 Å². The van der Waals surface area contributed by atoms with Crippen LogP contribution in [0.25, 0.3) is 0 Å². The van der Waals surface area contributed by atoms with E-state index in [0.717, 1.165) is 12.8 Å². The predicted octanol–water partition coefficient (Wildman–Crippen LogP) is 1.52. The van der Waals surface area contributed by atoms with Gasteiger partial charge in [0.05, 0.1) is 5.54 Å². The lowest BCUT2D eigenvalue weighted by Crippen LogP contribution is -2.59. The van der Waals surface area contributed by atoms with E-state index < -0.39 is 5.54 Å². The molecule has 3 fully saturated rings. The minimum atomic E-state index is -0.497. The van der Waals surface area contributed by atoms with Gasteiger partial charge in [0.1, 0.15) is 0 Å². The highest BCUT2D eigenvalue weighted by molar-refractivity contribution is 5.88. The maximum Gasteiger partial charge on any atom is 0.243 e. The first-order valence-corrected chi connectivity index (χ1v) is 8.73. The molecule has 1 aliphatic carbocycles. The van der Waals surface area contributed by atoms with Crippen molar-refractivity contribution >= 4 is 11.8 Å². The second-order valence-electron chi connectivity index (χ2n) is 7.71. The van der Waals surface area contributed by atoms with Crippen LogP contribution in [-0.4, -0.2) is 58.9 Å². The average molecular weight is 307 g/mol. The van der Waals surface area contributed by atoms with E-state index in [-0.39, 0.29) is 23.9 Å². The minimum absolute atomic E-state index is 0.0898. The van der Waals surface area contributed by atoms with E-state index in [1.54, 1.807) is 0 Å². The van der Waals surface area contributed by atoms with Crippen molar-refractivity contribution in [1.82, 2.24) is 15.1 Å². The van der Waals surface area contributed by atoms with E-state index in [0.29, 0.717) is 19.0 Å². The maximum atomic E-state index is 13.3. The quantitative estimate of drug-likeness (QED) is 0.860. The molecule has 2 heterocycles. The normalized spacial score (nSPS) is 29.8. The van der Waals surface area contributed by atoms with E-state index in [4.69, 9.17) is 0 Å². The van der Waals surface area contributed by atoms with E-state index in [2.05, 4.69) is 17.3 Å². The zero-order valence-electron chi connectivity index (χ0n) is 14.1. The first-order valence-electron chi connectivity index (χ1n) is 8.73. The van der Waals surface area contributed by atoms with Crippen LogP contribution >= 0.6 is 0 Å². The molecule has 5 heteroatoms. The highest BCUT2D eigenvalue weighted by atomic mass is 16.2. The van der Waals surface area contributed by atoms with Crippen LogP contribution in [0.2, 0.25) is 0 Å². The molecule has 2 bridgehead atoms. The Morgan fingerprint density at radius 3 is 2.50 bits per heavy atom. The lowest BCUT2D eigenvalue weighted by Gasteiger charge is -2.43. The molecule has 2 aliphatic heterocycles. The van der Waals surface area contributed by atoms with E-state index >= 15 is 0 Å². The Balaban J connectivity index is 1.78. The number of nitrogens with zero attached hydrogens (tertiary/aromatic N) is 2. The summed E-state index contributed by atoms with van der Waals surface area (Å²) < 4.78 is 0. The number of rotatable bonds is 3. The SMILES string of the molecule is CN(C1CCCC1)C(C)(C)C(=O)N1C2CCC1CC(=O)NC2. The molecule has 0 aromatic carbocycles. The largest absolute Gasteiger partial charge is 0.354 e. The molecule has 22 heavy (non-hydrogen) atoms. The van der Waals surface area contributed by atoms with E-state index in [1.807, 2.05) is 18.7 Å². The van der Waals surface area contributed by atoms with Crippen molar-refractivity contribution in [1.29, 1.82) is 0 Å². The molecular formula is C17H29N3O2. The fraction of sp³-hybridized carbons (Fsp3) is 0.882. The minimum Gasteiger partial charge on any atom is -0.354 e. The smallest absolute Gasteiger partial charge is 0.243 e. The summed E-state index contributed by atoms with van der Waals surface area (Å²) in [6, 6.07) is 0.791. The van der Waals surface area contributed by atoms with Gasteiger partial charge >= 0.3 is 0 Å². The van der Waals surface area contributed by atoms with Crippen molar-refractivity contribution in [2.24, 2.45) is 0 Å². The third-order valence-corrected chi connectivity index (χ3v) is 6.09. The Morgan fingerprint density at radius 2 is 1.82 bits per heavy atom. The van der Waals surface area contributed by atoms with Gasteiger partial charge in [-0.15, -0.1) is 0 Å². The Hall–Kier alpha value is -1.10. The van der Waals surface area contributed by atoms with Gasteiger partial charge in [0.15, 0.2) is 0 Å². The van der Waals surface area contributed by atoms with Crippen molar-refractivity contribution in [2.75, 3.05) is 13.6 Å². The standard InChI is InChI=1S/C17H29N3O2/c1-17(2,19(3)12-6-4-5-7-12)16(22)20-13-8-9-14(20)11-18-15(21)10-13/h12-14H,4-11H2,1-3H3,(H,18,21). The zero-order chi connectivity index (χ0) is 15.9. The first kappa shape index (κ1) is 15.8. The predicted molar refractivity (Wildman–Crippen MR) is 85.4 cm³/mol. The molecule has 1 N–H and O–H groups in total. The van der Waals surface area contributed by atoms with Gasteiger partial charge in [-0.3, -0.25) is 14.5 Å². The van der Waals surface area contributed by atoms with Crippen LogP contribution in [-0.2, 0) is 9.59 Å². The summed E-state index contributed by atoms with van der Waals surface area (Å²) in [6.45, 7) is 4.71. The molecule has 124 valence electrons. The van der Waals surface area contributed by atoms with Gasteiger partial charge in [0, 0.05) is 31.1 Å². The second kappa shape index (κ2) is 5.84. The average Bonchev–Trinajstić information content (AvgIpc) is 3.08. The highest BCUT2D eigenvalue weighted by Gasteiger charge is 2.47. The Kier molecular flexibility index (Phi) is 4.19. The molecule has 2 amide bonds. The van der Waals surface area contributed by atoms with Crippen LogP contribution in [0.3, 0.4) is 0 Å². The summed E-state index contributed by atoms with van der Waals surface area (Å²) in [5.41, 5.74) is -0.497. The highest BCUT2D eigenvalue weighted by Crippen LogP contribution is 2.34. The monoisotopic (exact) mass is 307 g/mol. The molecule has 2 atom stereocenters. The second-order valence-corrected chi connectivity index (χ2v) is 7.71. The first-order chi connectivity index (χ1) is 10.4. The molecule has 1 saturated carbocycles. The van der Waals surface area contributed by atoms with E-state index in [1.165, 1.54) is 25.7 Å². The zero-order valence-corrected chi connectivity index (χ0v) is 14.1. The third kappa shape index (κ3) is 2.64. The van der Waals surface area contributed by atoms with Gasteiger partial charge < -0.3 is 10.2 Å². The summed E-state index contributed by atoms with van der Waals surface area (Å²) in [6.07, 6.45) is 7.37. The van der Waals surface area contributed by atoms with Crippen molar-refractivity contribution < 1.29 is 9.59 Å². The van der Waals surface area contributed by atoms with Crippen molar-refractivity contribution in [3.63, 3.8) is 0 Å². The molecule has 0 spiro atoms. The number of amides is 2. The van der Waals surface area contributed by atoms with Gasteiger partial charge in [-0.2, -0.15) is 0 Å². The molecule has 3 aliphatic rings. The molecule has 2 unspecified atom stereocenters. The van der Waals surface area contributed by atoms with Crippen molar-refractivity contribution in [3.05, 3.63) is 0 Å². The number of hydrogen-bond acceptors (Lipinski definition) is 3. The topological polar surface area (TPSA) is 52.7 Å². The number of carbonyl (C=O) groups excluding carboxylic acids is 2. The number of likely N-dealkylation sites (N-methyl/N-ethyl adjacent to an activating group) is 1. The van der Waals surface area contributed by atoms with Crippen LogP contribution in [0.1, 0.15) is 58.8 Å². The molecular weight excluding hydrogens is 278 g/mol. The summed E-state index contributed by atoms with van der Waals surface area (Å²) in [4.78, 5) is 29.4. The molecule has 3 rings (SSSR count). The number of carbonyl (C=O) groups is 2. The van der Waals surface area contributed by atoms with Crippen molar-refractivity contribution in [3.8, 4) is 0 Å². The van der Waals surface area contributed by atoms with E-state index in [9.17, 15) is 9.59 Å². The van der Waals surface area contributed by atoms with Gasteiger partial charge in [0.25, 0.3) is 0 Å². The number of nitrogens with one attached hydrogen (secondary N) is 1. The molecule has 5 nitrogen and oxygen atoms in total. The lowest BCUT2D eigenvalue weighted by atomic mass is 9.97. The summed E-state index contributed by atoms with van der Waals surface area (Å²) in [5.74, 6) is 0.290. The maximum absolute atomic E-state index is 13.3. The molecule has 0 radical (unpaired) electrons. The Morgan fingerprint density at radius 1 is 1.18 bits per heavy atom. The Bertz CT molecular complexity index is 457. The van der Waals surface area contributed by atoms with Crippen LogP contribution in [0.15, 0.2) is 0 Å². The molecule has 2 saturated heterocycles. The van der Waals surface area contributed by atoms with Crippen molar-refractivity contribution in [2.45, 2.75) is 82.5 Å². The third-order valence-electron chi connectivity index (χ3n) is 6.09. The fourth-order valence-corrected chi connectivity index (χ4v) is 4.43. The molecule has 0 aromatic heterocycles. The summed E-state index contributed by atoms with van der Waals surface area (Å²) >= 11 is 0. The van der Waals surface area contributed by atoms with Crippen LogP contribution in [0, 0.1) is 0 Å². The van der Waals surface area contributed by atoms with Gasteiger partial charge in [-0.1, -0.05) is 12.8 Å². The van der Waals surface area contributed by atoms with Gasteiger partial charge in [-0.25, -0.2) is 0 Å². The summed E-state index contributed by atoms with van der Waals surface area (Å²) in [7, 11) is 2.09. The van der Waals surface area contributed by atoms with Crippen LogP contribution in [0.5, 0.6) is 0 Å². The van der Waals surface area contributed by atoms with Gasteiger partial charge in [-0.05, 0) is 46.6 Å². The van der Waals surface area contributed by atoms with Crippen LogP contribution < -0.4 is 5.32 Å². The molecule has 0 aromatic rings. The number of hydrogen-bond donors (Lipinski definition) is 1. The summed E-state index contributed by atoms with van der Waals surface area (Å²) in [5, 5.41) is 2.95. The fourth-order valence-electron chi connectivity index (χ4n) is 4.43.